The van der Waals surface area contributed by atoms with Crippen molar-refractivity contribution >= 4 is 5.69 Å². The minimum Gasteiger partial charge on any atom is -0.296 e. The standard InChI is InChI=1S/C12H18N2O3/c1-12(2,3)17-13-9-8-10-6-4-5-7-11(10)14(15)16/h4-7,13H,8-9H2,1-3H3. The van der Waals surface area contributed by atoms with E-state index in [1.54, 1.807) is 18.2 Å². The van der Waals surface area contributed by atoms with Crippen LogP contribution in [0.4, 0.5) is 5.69 Å². The number of nitro groups is 1. The van der Waals surface area contributed by atoms with E-state index in [0.717, 1.165) is 0 Å². The summed E-state index contributed by atoms with van der Waals surface area (Å²) in [6.07, 6.45) is 0.563. The van der Waals surface area contributed by atoms with E-state index < -0.39 is 0 Å². The first-order chi connectivity index (χ1) is 7.90. The van der Waals surface area contributed by atoms with Crippen LogP contribution in [0.3, 0.4) is 0 Å². The summed E-state index contributed by atoms with van der Waals surface area (Å²) in [5, 5.41) is 10.8. The third kappa shape index (κ3) is 4.93. The first kappa shape index (κ1) is 13.6. The van der Waals surface area contributed by atoms with Crippen molar-refractivity contribution < 1.29 is 9.76 Å². The molecule has 0 radical (unpaired) electrons. The highest BCUT2D eigenvalue weighted by Gasteiger charge is 2.13. The zero-order chi connectivity index (χ0) is 12.9. The molecule has 0 saturated heterocycles. The lowest BCUT2D eigenvalue weighted by atomic mass is 10.1. The van der Waals surface area contributed by atoms with Crippen molar-refractivity contribution in [2.45, 2.75) is 32.8 Å². The highest BCUT2D eigenvalue weighted by Crippen LogP contribution is 2.17. The number of benzene rings is 1. The lowest BCUT2D eigenvalue weighted by Crippen LogP contribution is -2.30. The van der Waals surface area contributed by atoms with Crippen molar-refractivity contribution in [3.8, 4) is 0 Å². The Balaban J connectivity index is 2.49. The van der Waals surface area contributed by atoms with Crippen LogP contribution in [0, 0.1) is 10.1 Å². The summed E-state index contributed by atoms with van der Waals surface area (Å²) in [5.41, 5.74) is 3.42. The molecule has 1 aromatic carbocycles. The Hall–Kier alpha value is -1.46. The van der Waals surface area contributed by atoms with Crippen LogP contribution in [0.2, 0.25) is 0 Å². The molecule has 17 heavy (non-hydrogen) atoms. The number of rotatable bonds is 5. The van der Waals surface area contributed by atoms with E-state index >= 15 is 0 Å². The second kappa shape index (κ2) is 5.75. The summed E-state index contributed by atoms with van der Waals surface area (Å²) in [4.78, 5) is 15.7. The van der Waals surface area contributed by atoms with Gasteiger partial charge in [-0.2, -0.15) is 0 Å². The van der Waals surface area contributed by atoms with E-state index in [2.05, 4.69) is 5.48 Å². The van der Waals surface area contributed by atoms with Gasteiger partial charge in [0.2, 0.25) is 0 Å². The van der Waals surface area contributed by atoms with Gasteiger partial charge in [0.05, 0.1) is 10.5 Å². The van der Waals surface area contributed by atoms with Crippen LogP contribution in [0.25, 0.3) is 0 Å². The predicted molar refractivity (Wildman–Crippen MR) is 65.6 cm³/mol. The molecule has 0 aliphatic rings. The van der Waals surface area contributed by atoms with Crippen LogP contribution in [0.5, 0.6) is 0 Å². The summed E-state index contributed by atoms with van der Waals surface area (Å²) in [5.74, 6) is 0. The van der Waals surface area contributed by atoms with E-state index in [1.165, 1.54) is 6.07 Å². The molecule has 0 aliphatic carbocycles. The monoisotopic (exact) mass is 238 g/mol. The Bertz CT molecular complexity index is 386. The van der Waals surface area contributed by atoms with Gasteiger partial charge in [0.1, 0.15) is 0 Å². The summed E-state index contributed by atoms with van der Waals surface area (Å²) in [7, 11) is 0. The van der Waals surface area contributed by atoms with Crippen molar-refractivity contribution in [1.29, 1.82) is 0 Å². The molecule has 0 aliphatic heterocycles. The Morgan fingerprint density at radius 1 is 1.35 bits per heavy atom. The molecule has 1 N–H and O–H groups in total. The smallest absolute Gasteiger partial charge is 0.272 e. The quantitative estimate of drug-likeness (QED) is 0.486. The zero-order valence-corrected chi connectivity index (χ0v) is 10.4. The van der Waals surface area contributed by atoms with Crippen molar-refractivity contribution in [2.24, 2.45) is 0 Å². The molecular weight excluding hydrogens is 220 g/mol. The van der Waals surface area contributed by atoms with Gasteiger partial charge in [0, 0.05) is 18.2 Å². The number of nitro benzene ring substituents is 1. The molecule has 0 heterocycles. The molecule has 0 bridgehead atoms. The third-order valence-electron chi connectivity index (χ3n) is 2.06. The van der Waals surface area contributed by atoms with Gasteiger partial charge in [-0.15, -0.1) is 0 Å². The molecule has 5 heteroatoms. The molecule has 0 amide bonds. The van der Waals surface area contributed by atoms with E-state index in [4.69, 9.17) is 4.84 Å². The van der Waals surface area contributed by atoms with Crippen LogP contribution in [0.1, 0.15) is 26.3 Å². The van der Waals surface area contributed by atoms with Gasteiger partial charge in [0.15, 0.2) is 0 Å². The maximum Gasteiger partial charge on any atom is 0.272 e. The van der Waals surface area contributed by atoms with Gasteiger partial charge in [0.25, 0.3) is 5.69 Å². The molecule has 1 aromatic rings. The molecule has 5 nitrogen and oxygen atoms in total. The lowest BCUT2D eigenvalue weighted by Gasteiger charge is -2.19. The van der Waals surface area contributed by atoms with Crippen molar-refractivity contribution in [2.75, 3.05) is 6.54 Å². The van der Waals surface area contributed by atoms with Crippen molar-refractivity contribution in [1.82, 2.24) is 5.48 Å². The summed E-state index contributed by atoms with van der Waals surface area (Å²) in [6, 6.07) is 6.74. The average Bonchev–Trinajstić information content (AvgIpc) is 2.23. The number of hydrogen-bond acceptors (Lipinski definition) is 4. The molecule has 0 unspecified atom stereocenters. The van der Waals surface area contributed by atoms with E-state index in [-0.39, 0.29) is 16.2 Å². The fraction of sp³-hybridized carbons (Fsp3) is 0.500. The zero-order valence-electron chi connectivity index (χ0n) is 10.4. The molecular formula is C12H18N2O3. The largest absolute Gasteiger partial charge is 0.296 e. The highest BCUT2D eigenvalue weighted by atomic mass is 16.7. The second-order valence-electron chi connectivity index (χ2n) is 4.74. The second-order valence-corrected chi connectivity index (χ2v) is 4.74. The molecule has 0 fully saturated rings. The van der Waals surface area contributed by atoms with Gasteiger partial charge < -0.3 is 0 Å². The molecule has 94 valence electrons. The Morgan fingerprint density at radius 3 is 2.59 bits per heavy atom. The van der Waals surface area contributed by atoms with E-state index in [9.17, 15) is 10.1 Å². The van der Waals surface area contributed by atoms with E-state index in [1.807, 2.05) is 20.8 Å². The van der Waals surface area contributed by atoms with Crippen molar-refractivity contribution in [3.63, 3.8) is 0 Å². The maximum atomic E-state index is 10.8. The summed E-state index contributed by atoms with van der Waals surface area (Å²) < 4.78 is 0. The first-order valence-corrected chi connectivity index (χ1v) is 5.53. The van der Waals surface area contributed by atoms with Crippen LogP contribution in [-0.4, -0.2) is 17.1 Å². The number of para-hydroxylation sites is 1. The van der Waals surface area contributed by atoms with Crippen LogP contribution < -0.4 is 5.48 Å². The van der Waals surface area contributed by atoms with E-state index in [0.29, 0.717) is 18.5 Å². The summed E-state index contributed by atoms with van der Waals surface area (Å²) in [6.45, 7) is 6.35. The number of nitrogens with one attached hydrogen (secondary N) is 1. The fourth-order valence-electron chi connectivity index (χ4n) is 1.35. The highest BCUT2D eigenvalue weighted by molar-refractivity contribution is 5.39. The SMILES string of the molecule is CC(C)(C)ONCCc1ccccc1[N+](=O)[O-]. The number of hydroxylamine groups is 1. The van der Waals surface area contributed by atoms with Gasteiger partial charge in [-0.05, 0) is 27.2 Å². The first-order valence-electron chi connectivity index (χ1n) is 5.53. The topological polar surface area (TPSA) is 64.4 Å². The number of hydrogen-bond donors (Lipinski definition) is 1. The fourth-order valence-corrected chi connectivity index (χ4v) is 1.35. The number of nitrogens with zero attached hydrogens (tertiary/aromatic N) is 1. The molecule has 0 aromatic heterocycles. The van der Waals surface area contributed by atoms with Crippen LogP contribution >= 0.6 is 0 Å². The van der Waals surface area contributed by atoms with Crippen LogP contribution in [-0.2, 0) is 11.3 Å². The molecule has 0 atom stereocenters. The third-order valence-corrected chi connectivity index (χ3v) is 2.06. The Kier molecular flexibility index (Phi) is 4.60. The normalized spacial score (nSPS) is 11.5. The average molecular weight is 238 g/mol. The van der Waals surface area contributed by atoms with Crippen LogP contribution in [0.15, 0.2) is 24.3 Å². The lowest BCUT2D eigenvalue weighted by molar-refractivity contribution is -0.385. The minimum atomic E-state index is -0.361. The minimum absolute atomic E-state index is 0.157. The predicted octanol–water partition coefficient (Wildman–Crippen LogP) is 2.46. The Morgan fingerprint density at radius 2 is 2.00 bits per heavy atom. The molecule has 0 spiro atoms. The van der Waals surface area contributed by atoms with Crippen molar-refractivity contribution in [3.05, 3.63) is 39.9 Å². The maximum absolute atomic E-state index is 10.8. The van der Waals surface area contributed by atoms with Gasteiger partial charge in [-0.3, -0.25) is 15.0 Å². The van der Waals surface area contributed by atoms with Gasteiger partial charge in [-0.25, -0.2) is 5.48 Å². The Labute approximate surface area is 101 Å². The van der Waals surface area contributed by atoms with Gasteiger partial charge >= 0.3 is 0 Å². The summed E-state index contributed by atoms with van der Waals surface area (Å²) >= 11 is 0. The molecule has 0 saturated carbocycles. The van der Waals surface area contributed by atoms with Gasteiger partial charge in [-0.1, -0.05) is 18.2 Å². The molecule has 1 rings (SSSR count).